The van der Waals surface area contributed by atoms with Crippen LogP contribution in [0.1, 0.15) is 11.7 Å². The van der Waals surface area contributed by atoms with Crippen molar-refractivity contribution in [2.45, 2.75) is 12.2 Å². The van der Waals surface area contributed by atoms with E-state index in [4.69, 9.17) is 11.5 Å². The van der Waals surface area contributed by atoms with Crippen molar-refractivity contribution in [3.63, 3.8) is 0 Å². The molecular formula is C8H13N3O2. The summed E-state index contributed by atoms with van der Waals surface area (Å²) in [6.07, 6.45) is 0.873. The van der Waals surface area contributed by atoms with Crippen molar-refractivity contribution in [2.24, 2.45) is 5.73 Å². The van der Waals surface area contributed by atoms with Crippen LogP contribution < -0.4 is 11.5 Å². The van der Waals surface area contributed by atoms with Crippen LogP contribution in [-0.2, 0) is 0 Å². The number of nitrogens with zero attached hydrogens (tertiary/aromatic N) is 1. The van der Waals surface area contributed by atoms with Crippen molar-refractivity contribution in [1.82, 2.24) is 4.98 Å². The van der Waals surface area contributed by atoms with Crippen LogP contribution in [0.2, 0.25) is 0 Å². The molecule has 1 aromatic rings. The smallest absolute Gasteiger partial charge is 0.108 e. The molecule has 0 aliphatic rings. The van der Waals surface area contributed by atoms with Crippen molar-refractivity contribution in [3.8, 4) is 0 Å². The van der Waals surface area contributed by atoms with Crippen LogP contribution in [0.25, 0.3) is 0 Å². The van der Waals surface area contributed by atoms with E-state index in [1.54, 1.807) is 6.07 Å². The van der Waals surface area contributed by atoms with Gasteiger partial charge in [0.2, 0.25) is 0 Å². The summed E-state index contributed by atoms with van der Waals surface area (Å²) in [6, 6.07) is 1.55. The van der Waals surface area contributed by atoms with E-state index in [9.17, 15) is 10.2 Å². The van der Waals surface area contributed by atoms with Crippen molar-refractivity contribution in [2.75, 3.05) is 12.3 Å². The van der Waals surface area contributed by atoms with E-state index >= 15 is 0 Å². The fourth-order valence-electron chi connectivity index (χ4n) is 1.02. The highest BCUT2D eigenvalue weighted by Crippen LogP contribution is 2.21. The molecule has 0 saturated heterocycles. The first kappa shape index (κ1) is 9.91. The van der Waals surface area contributed by atoms with Crippen molar-refractivity contribution < 1.29 is 10.2 Å². The quantitative estimate of drug-likeness (QED) is 0.482. The number of nitrogens with two attached hydrogens (primary N) is 2. The summed E-state index contributed by atoms with van der Waals surface area (Å²) in [5.74, 6) is 0. The topological polar surface area (TPSA) is 105 Å². The van der Waals surface area contributed by atoms with Gasteiger partial charge in [-0.3, -0.25) is 4.98 Å². The van der Waals surface area contributed by atoms with E-state index in [1.807, 2.05) is 0 Å². The van der Waals surface area contributed by atoms with E-state index in [-0.39, 0.29) is 6.54 Å². The average molecular weight is 183 g/mol. The van der Waals surface area contributed by atoms with Crippen LogP contribution in [0.5, 0.6) is 0 Å². The number of nitrogen functional groups attached to an aromatic ring is 1. The molecule has 1 heterocycles. The number of hydrogen-bond acceptors (Lipinski definition) is 5. The Kier molecular flexibility index (Phi) is 3.18. The highest BCUT2D eigenvalue weighted by atomic mass is 16.3. The summed E-state index contributed by atoms with van der Waals surface area (Å²) in [5.41, 5.74) is 11.5. The van der Waals surface area contributed by atoms with Crippen molar-refractivity contribution in [1.29, 1.82) is 0 Å². The number of rotatable bonds is 3. The van der Waals surface area contributed by atoms with E-state index < -0.39 is 12.2 Å². The Balaban J connectivity index is 2.88. The Morgan fingerprint density at radius 1 is 1.46 bits per heavy atom. The molecule has 2 atom stereocenters. The number of pyridine rings is 1. The van der Waals surface area contributed by atoms with Gasteiger partial charge in [0, 0.05) is 18.3 Å². The van der Waals surface area contributed by atoms with Gasteiger partial charge in [0.15, 0.2) is 0 Å². The lowest BCUT2D eigenvalue weighted by molar-refractivity contribution is 0.0247. The summed E-state index contributed by atoms with van der Waals surface area (Å²) in [6.45, 7) is -0.0110. The third-order valence-electron chi connectivity index (χ3n) is 1.81. The van der Waals surface area contributed by atoms with Crippen molar-refractivity contribution in [3.05, 3.63) is 24.0 Å². The lowest BCUT2D eigenvalue weighted by atomic mass is 10.0. The molecule has 13 heavy (non-hydrogen) atoms. The Labute approximate surface area is 76.0 Å². The largest absolute Gasteiger partial charge is 0.397 e. The molecule has 0 spiro atoms. The minimum absolute atomic E-state index is 0.0110. The molecule has 0 aliphatic heterocycles. The van der Waals surface area contributed by atoms with Gasteiger partial charge in [0.25, 0.3) is 0 Å². The SMILES string of the molecule is NCC(O)C(O)c1ccncc1N. The summed E-state index contributed by atoms with van der Waals surface area (Å²) < 4.78 is 0. The summed E-state index contributed by atoms with van der Waals surface area (Å²) in [5, 5.41) is 18.8. The second-order valence-corrected chi connectivity index (χ2v) is 2.75. The summed E-state index contributed by atoms with van der Waals surface area (Å²) in [4.78, 5) is 3.76. The third kappa shape index (κ3) is 2.15. The molecular weight excluding hydrogens is 170 g/mol. The fourth-order valence-corrected chi connectivity index (χ4v) is 1.02. The maximum absolute atomic E-state index is 9.53. The highest BCUT2D eigenvalue weighted by Gasteiger charge is 2.18. The molecule has 5 nitrogen and oxygen atoms in total. The normalized spacial score (nSPS) is 15.3. The first-order chi connectivity index (χ1) is 6.16. The molecule has 6 N–H and O–H groups in total. The molecule has 0 saturated carbocycles. The van der Waals surface area contributed by atoms with Crippen LogP contribution >= 0.6 is 0 Å². The first-order valence-corrected chi connectivity index (χ1v) is 3.92. The lowest BCUT2D eigenvalue weighted by Gasteiger charge is -2.17. The lowest BCUT2D eigenvalue weighted by Crippen LogP contribution is -2.27. The Morgan fingerprint density at radius 3 is 2.69 bits per heavy atom. The van der Waals surface area contributed by atoms with Gasteiger partial charge in [-0.15, -0.1) is 0 Å². The number of aromatic nitrogens is 1. The van der Waals surface area contributed by atoms with Gasteiger partial charge in [-0.1, -0.05) is 0 Å². The van der Waals surface area contributed by atoms with Gasteiger partial charge in [-0.25, -0.2) is 0 Å². The molecule has 2 unspecified atom stereocenters. The average Bonchev–Trinajstić information content (AvgIpc) is 2.16. The minimum Gasteiger partial charge on any atom is -0.397 e. The third-order valence-corrected chi connectivity index (χ3v) is 1.81. The minimum atomic E-state index is -1.05. The zero-order valence-corrected chi connectivity index (χ0v) is 7.09. The monoisotopic (exact) mass is 183 g/mol. The van der Waals surface area contributed by atoms with Crippen LogP contribution in [0.15, 0.2) is 18.5 Å². The number of aliphatic hydroxyl groups excluding tert-OH is 2. The van der Waals surface area contributed by atoms with E-state index in [2.05, 4.69) is 4.98 Å². The fraction of sp³-hybridized carbons (Fsp3) is 0.375. The van der Waals surface area contributed by atoms with E-state index in [0.29, 0.717) is 11.3 Å². The Hall–Kier alpha value is -1.17. The number of anilines is 1. The van der Waals surface area contributed by atoms with Crippen molar-refractivity contribution >= 4 is 5.69 Å². The van der Waals surface area contributed by atoms with Crippen LogP contribution in [-0.4, -0.2) is 27.8 Å². The molecule has 0 fully saturated rings. The molecule has 5 heteroatoms. The molecule has 1 aromatic heterocycles. The maximum atomic E-state index is 9.53. The molecule has 72 valence electrons. The van der Waals surface area contributed by atoms with Gasteiger partial charge in [-0.05, 0) is 6.07 Å². The molecule has 0 amide bonds. The highest BCUT2D eigenvalue weighted by molar-refractivity contribution is 5.45. The standard InChI is InChI=1S/C8H13N3O2/c9-3-7(12)8(13)5-1-2-11-4-6(5)10/h1-2,4,7-8,12-13H,3,9-10H2. The van der Waals surface area contributed by atoms with Gasteiger partial charge >= 0.3 is 0 Å². The zero-order valence-electron chi connectivity index (χ0n) is 7.09. The second kappa shape index (κ2) is 4.18. The molecule has 0 bridgehead atoms. The van der Waals surface area contributed by atoms with Crippen LogP contribution in [0.4, 0.5) is 5.69 Å². The van der Waals surface area contributed by atoms with E-state index in [1.165, 1.54) is 12.4 Å². The maximum Gasteiger partial charge on any atom is 0.108 e. The van der Waals surface area contributed by atoms with Gasteiger partial charge in [0.1, 0.15) is 6.10 Å². The van der Waals surface area contributed by atoms with E-state index in [0.717, 1.165) is 0 Å². The zero-order chi connectivity index (χ0) is 9.84. The Morgan fingerprint density at radius 2 is 2.15 bits per heavy atom. The molecule has 0 aliphatic carbocycles. The molecule has 0 aromatic carbocycles. The summed E-state index contributed by atoms with van der Waals surface area (Å²) in [7, 11) is 0. The number of hydrogen-bond donors (Lipinski definition) is 4. The second-order valence-electron chi connectivity index (χ2n) is 2.75. The Bertz CT molecular complexity index is 280. The number of aliphatic hydroxyl groups is 2. The van der Waals surface area contributed by atoms with Crippen LogP contribution in [0, 0.1) is 0 Å². The van der Waals surface area contributed by atoms with Gasteiger partial charge < -0.3 is 21.7 Å². The molecule has 0 radical (unpaired) electrons. The molecule has 1 rings (SSSR count). The first-order valence-electron chi connectivity index (χ1n) is 3.92. The predicted octanol–water partition coefficient (Wildman–Crippen LogP) is -0.983. The summed E-state index contributed by atoms with van der Waals surface area (Å²) >= 11 is 0. The van der Waals surface area contributed by atoms with Crippen LogP contribution in [0.3, 0.4) is 0 Å². The van der Waals surface area contributed by atoms with Gasteiger partial charge in [-0.2, -0.15) is 0 Å². The van der Waals surface area contributed by atoms with Gasteiger partial charge in [0.05, 0.1) is 18.0 Å². The predicted molar refractivity (Wildman–Crippen MR) is 48.7 cm³/mol.